The van der Waals surface area contributed by atoms with E-state index in [-0.39, 0.29) is 16.1 Å². The molecule has 0 saturated carbocycles. The van der Waals surface area contributed by atoms with Crippen LogP contribution in [-0.2, 0) is 10.0 Å². The van der Waals surface area contributed by atoms with E-state index in [9.17, 15) is 18.0 Å². The predicted molar refractivity (Wildman–Crippen MR) is 91.8 cm³/mol. The highest BCUT2D eigenvalue weighted by Gasteiger charge is 2.44. The van der Waals surface area contributed by atoms with Gasteiger partial charge in [-0.15, -0.1) is 0 Å². The lowest BCUT2D eigenvalue weighted by Gasteiger charge is -2.18. The predicted octanol–water partition coefficient (Wildman–Crippen LogP) is 2.28. The molecule has 3 amide bonds. The van der Waals surface area contributed by atoms with Gasteiger partial charge in [-0.1, -0.05) is 12.1 Å². The van der Waals surface area contributed by atoms with Crippen LogP contribution in [0.3, 0.4) is 0 Å². The highest BCUT2D eigenvalue weighted by molar-refractivity contribution is 7.90. The zero-order valence-electron chi connectivity index (χ0n) is 13.6. The zero-order chi connectivity index (χ0) is 18.2. The fraction of sp³-hybridized carbons (Fsp3) is 0.188. The number of pyridine rings is 1. The summed E-state index contributed by atoms with van der Waals surface area (Å²) in [7, 11) is -3.91. The van der Waals surface area contributed by atoms with E-state index in [1.54, 1.807) is 32.0 Å². The van der Waals surface area contributed by atoms with Gasteiger partial charge < -0.3 is 5.32 Å². The number of rotatable bonds is 3. The van der Waals surface area contributed by atoms with Crippen LogP contribution in [0, 0.1) is 0 Å². The van der Waals surface area contributed by atoms with Gasteiger partial charge in [-0.25, -0.2) is 22.5 Å². The lowest BCUT2D eigenvalue weighted by atomic mass is 10.1. The molecule has 1 aromatic heterocycles. The van der Waals surface area contributed by atoms with Crippen LogP contribution in [0.4, 0.5) is 16.3 Å². The van der Waals surface area contributed by atoms with Crippen molar-refractivity contribution in [2.75, 3.05) is 10.6 Å². The summed E-state index contributed by atoms with van der Waals surface area (Å²) in [6, 6.07) is 8.17. The molecule has 0 saturated heterocycles. The third-order valence-electron chi connectivity index (χ3n) is 3.60. The fourth-order valence-corrected chi connectivity index (χ4v) is 4.40. The highest BCUT2D eigenvalue weighted by Crippen LogP contribution is 2.36. The number of hydrogen-bond donors (Lipinski definition) is 2. The second kappa shape index (κ2) is 6.17. The van der Waals surface area contributed by atoms with Crippen LogP contribution in [0.15, 0.2) is 47.5 Å². The van der Waals surface area contributed by atoms with Crippen molar-refractivity contribution in [3.8, 4) is 0 Å². The molecule has 2 aromatic rings. The van der Waals surface area contributed by atoms with Gasteiger partial charge in [-0.05, 0) is 38.1 Å². The van der Waals surface area contributed by atoms with Crippen molar-refractivity contribution in [2.24, 2.45) is 0 Å². The quantitative estimate of drug-likeness (QED) is 0.873. The summed E-state index contributed by atoms with van der Waals surface area (Å²) < 4.78 is 25.9. The van der Waals surface area contributed by atoms with Crippen molar-refractivity contribution in [1.29, 1.82) is 0 Å². The SMILES string of the molecule is CC(C)N1C(=O)c2c(NC(=O)Nc3ccccn3)cccc2S1(=O)=O. The van der Waals surface area contributed by atoms with Gasteiger partial charge in [-0.2, -0.15) is 0 Å². The third-order valence-corrected chi connectivity index (χ3v) is 5.60. The van der Waals surface area contributed by atoms with Crippen LogP contribution in [0.5, 0.6) is 0 Å². The minimum Gasteiger partial charge on any atom is -0.307 e. The Balaban J connectivity index is 1.93. The number of amides is 3. The van der Waals surface area contributed by atoms with Crippen LogP contribution in [0.1, 0.15) is 24.2 Å². The Morgan fingerprint density at radius 3 is 2.52 bits per heavy atom. The third kappa shape index (κ3) is 2.93. The van der Waals surface area contributed by atoms with Crippen LogP contribution in [0.2, 0.25) is 0 Å². The average Bonchev–Trinajstić information content (AvgIpc) is 2.75. The fourth-order valence-electron chi connectivity index (χ4n) is 2.61. The van der Waals surface area contributed by atoms with Crippen molar-refractivity contribution in [3.05, 3.63) is 48.2 Å². The van der Waals surface area contributed by atoms with Gasteiger partial charge in [0, 0.05) is 12.2 Å². The number of anilines is 2. The maximum Gasteiger partial charge on any atom is 0.324 e. The topological polar surface area (TPSA) is 108 Å². The van der Waals surface area contributed by atoms with E-state index in [1.165, 1.54) is 24.4 Å². The zero-order valence-corrected chi connectivity index (χ0v) is 14.4. The Morgan fingerprint density at radius 2 is 1.88 bits per heavy atom. The van der Waals surface area contributed by atoms with E-state index in [1.807, 2.05) is 0 Å². The molecule has 0 bridgehead atoms. The lowest BCUT2D eigenvalue weighted by molar-refractivity contribution is 0.0847. The molecule has 2 heterocycles. The second-order valence-electron chi connectivity index (χ2n) is 5.67. The molecule has 0 aliphatic carbocycles. The first-order valence-corrected chi connectivity index (χ1v) is 8.97. The molecule has 0 unspecified atom stereocenters. The van der Waals surface area contributed by atoms with E-state index < -0.39 is 28.0 Å². The molecule has 1 aromatic carbocycles. The van der Waals surface area contributed by atoms with Crippen molar-refractivity contribution < 1.29 is 18.0 Å². The number of urea groups is 1. The van der Waals surface area contributed by atoms with Gasteiger partial charge in [-0.3, -0.25) is 10.1 Å². The minimum atomic E-state index is -3.91. The summed E-state index contributed by atoms with van der Waals surface area (Å²) >= 11 is 0. The smallest absolute Gasteiger partial charge is 0.307 e. The Kier molecular flexibility index (Phi) is 4.17. The minimum absolute atomic E-state index is 0.0348. The standard InChI is InChI=1S/C16H16N4O4S/c1-10(2)20-15(21)14-11(6-5-7-12(14)25(20,23)24)18-16(22)19-13-8-3-4-9-17-13/h3-10H,1-2H3,(H2,17,18,19,22). The van der Waals surface area contributed by atoms with Crippen LogP contribution >= 0.6 is 0 Å². The number of hydrogen-bond acceptors (Lipinski definition) is 5. The summed E-state index contributed by atoms with van der Waals surface area (Å²) in [5, 5.41) is 5.03. The molecule has 0 atom stereocenters. The molecular formula is C16H16N4O4S. The number of sulfonamides is 1. The Bertz CT molecular complexity index is 942. The summed E-state index contributed by atoms with van der Waals surface area (Å²) in [4.78, 5) is 28.6. The molecule has 0 spiro atoms. The molecular weight excluding hydrogens is 344 g/mol. The van der Waals surface area contributed by atoms with Crippen molar-refractivity contribution in [1.82, 2.24) is 9.29 Å². The van der Waals surface area contributed by atoms with E-state index in [0.29, 0.717) is 5.82 Å². The van der Waals surface area contributed by atoms with E-state index in [4.69, 9.17) is 0 Å². The Morgan fingerprint density at radius 1 is 1.12 bits per heavy atom. The number of benzene rings is 1. The molecule has 1 aliphatic rings. The molecule has 2 N–H and O–H groups in total. The maximum atomic E-state index is 12.6. The summed E-state index contributed by atoms with van der Waals surface area (Å²) in [5.41, 5.74) is 0.0926. The van der Waals surface area contributed by atoms with Gasteiger partial charge in [0.25, 0.3) is 15.9 Å². The molecule has 25 heavy (non-hydrogen) atoms. The van der Waals surface area contributed by atoms with Gasteiger partial charge in [0.2, 0.25) is 0 Å². The summed E-state index contributed by atoms with van der Waals surface area (Å²) in [6.45, 7) is 3.23. The first-order valence-electron chi connectivity index (χ1n) is 7.53. The highest BCUT2D eigenvalue weighted by atomic mass is 32.2. The van der Waals surface area contributed by atoms with Crippen molar-refractivity contribution >= 4 is 33.5 Å². The number of fused-ring (bicyclic) bond motifs is 1. The summed E-state index contributed by atoms with van der Waals surface area (Å²) in [5.74, 6) is -0.325. The van der Waals surface area contributed by atoms with Crippen LogP contribution in [-0.4, -0.2) is 35.7 Å². The molecule has 130 valence electrons. The number of nitrogens with zero attached hydrogens (tertiary/aromatic N) is 2. The average molecular weight is 360 g/mol. The number of carbonyl (C=O) groups excluding carboxylic acids is 2. The Labute approximate surface area is 144 Å². The number of aromatic nitrogens is 1. The van der Waals surface area contributed by atoms with Crippen molar-refractivity contribution in [2.45, 2.75) is 24.8 Å². The molecule has 0 radical (unpaired) electrons. The first-order chi connectivity index (χ1) is 11.8. The second-order valence-corrected chi connectivity index (χ2v) is 7.46. The molecule has 3 rings (SSSR count). The number of carbonyl (C=O) groups is 2. The summed E-state index contributed by atoms with van der Waals surface area (Å²) in [6.07, 6.45) is 1.52. The van der Waals surface area contributed by atoms with Gasteiger partial charge in [0.15, 0.2) is 0 Å². The Hall–Kier alpha value is -2.94. The molecule has 8 nitrogen and oxygen atoms in total. The van der Waals surface area contributed by atoms with Crippen LogP contribution in [0.25, 0.3) is 0 Å². The van der Waals surface area contributed by atoms with E-state index in [0.717, 1.165) is 4.31 Å². The van der Waals surface area contributed by atoms with Crippen molar-refractivity contribution in [3.63, 3.8) is 0 Å². The normalized spacial score (nSPS) is 15.2. The van der Waals surface area contributed by atoms with Gasteiger partial charge in [0.05, 0.1) is 11.3 Å². The number of nitrogens with one attached hydrogen (secondary N) is 2. The monoisotopic (exact) mass is 360 g/mol. The largest absolute Gasteiger partial charge is 0.324 e. The molecule has 9 heteroatoms. The van der Waals surface area contributed by atoms with Gasteiger partial charge >= 0.3 is 6.03 Å². The van der Waals surface area contributed by atoms with Crippen LogP contribution < -0.4 is 10.6 Å². The van der Waals surface area contributed by atoms with Gasteiger partial charge in [0.1, 0.15) is 10.7 Å². The van der Waals surface area contributed by atoms with E-state index >= 15 is 0 Å². The molecule has 0 fully saturated rings. The van der Waals surface area contributed by atoms with E-state index in [2.05, 4.69) is 15.6 Å². The first kappa shape index (κ1) is 16.9. The maximum absolute atomic E-state index is 12.6. The lowest BCUT2D eigenvalue weighted by Crippen LogP contribution is -2.36. The molecule has 1 aliphatic heterocycles.